The number of nitrogens with one attached hydrogen (secondary N) is 1. The lowest BCUT2D eigenvalue weighted by Gasteiger charge is -2.09. The SMILES string of the molecule is COc1ccc(CCNC(=O)c2csc(-c3cc4ccccc4n3C)n2)cc1OC. The minimum Gasteiger partial charge on any atom is -0.493 e. The van der Waals surface area contributed by atoms with E-state index in [0.29, 0.717) is 30.2 Å². The van der Waals surface area contributed by atoms with Gasteiger partial charge in [-0.3, -0.25) is 4.79 Å². The molecule has 154 valence electrons. The van der Waals surface area contributed by atoms with Crippen LogP contribution >= 0.6 is 11.3 Å². The number of carbonyl (C=O) groups excluding carboxylic acids is 1. The van der Waals surface area contributed by atoms with Gasteiger partial charge in [0.15, 0.2) is 11.5 Å². The number of hydrogen-bond acceptors (Lipinski definition) is 5. The Morgan fingerprint density at radius 2 is 1.90 bits per heavy atom. The Kier molecular flexibility index (Phi) is 5.72. The third kappa shape index (κ3) is 3.89. The lowest BCUT2D eigenvalue weighted by atomic mass is 10.1. The molecule has 6 nitrogen and oxygen atoms in total. The van der Waals surface area contributed by atoms with E-state index in [1.165, 1.54) is 11.3 Å². The summed E-state index contributed by atoms with van der Waals surface area (Å²) in [7, 11) is 5.23. The van der Waals surface area contributed by atoms with Crippen molar-refractivity contribution in [2.45, 2.75) is 6.42 Å². The van der Waals surface area contributed by atoms with E-state index >= 15 is 0 Å². The number of ether oxygens (including phenoxy) is 2. The number of methoxy groups -OCH3 is 2. The zero-order valence-electron chi connectivity index (χ0n) is 17.1. The van der Waals surface area contributed by atoms with Gasteiger partial charge in [0.25, 0.3) is 5.91 Å². The molecule has 4 rings (SSSR count). The first-order valence-electron chi connectivity index (χ1n) is 9.60. The number of carbonyl (C=O) groups is 1. The van der Waals surface area contributed by atoms with E-state index in [9.17, 15) is 4.79 Å². The highest BCUT2D eigenvalue weighted by Crippen LogP contribution is 2.30. The van der Waals surface area contributed by atoms with Crippen LogP contribution in [0.4, 0.5) is 0 Å². The standard InChI is InChI=1S/C23H23N3O3S/c1-26-18-7-5-4-6-16(18)13-19(26)23-25-17(14-30-23)22(27)24-11-10-15-8-9-20(28-2)21(12-15)29-3/h4-9,12-14H,10-11H2,1-3H3,(H,24,27). The number of aromatic nitrogens is 2. The summed E-state index contributed by atoms with van der Waals surface area (Å²) in [5, 5.41) is 6.74. The molecule has 0 saturated carbocycles. The summed E-state index contributed by atoms with van der Waals surface area (Å²) in [4.78, 5) is 17.1. The predicted molar refractivity (Wildman–Crippen MR) is 120 cm³/mol. The van der Waals surface area contributed by atoms with E-state index in [1.54, 1.807) is 19.6 Å². The molecule has 7 heteroatoms. The van der Waals surface area contributed by atoms with Crippen molar-refractivity contribution in [3.8, 4) is 22.2 Å². The van der Waals surface area contributed by atoms with Crippen molar-refractivity contribution in [2.24, 2.45) is 7.05 Å². The van der Waals surface area contributed by atoms with Crippen LogP contribution in [0.25, 0.3) is 21.6 Å². The smallest absolute Gasteiger partial charge is 0.270 e. The van der Waals surface area contributed by atoms with Crippen LogP contribution in [0.3, 0.4) is 0 Å². The van der Waals surface area contributed by atoms with Crippen LogP contribution in [0.1, 0.15) is 16.1 Å². The van der Waals surface area contributed by atoms with Gasteiger partial charge in [-0.05, 0) is 36.2 Å². The Morgan fingerprint density at radius 3 is 2.67 bits per heavy atom. The Labute approximate surface area is 179 Å². The van der Waals surface area contributed by atoms with Gasteiger partial charge < -0.3 is 19.4 Å². The first kappa shape index (κ1) is 20.0. The minimum absolute atomic E-state index is 0.170. The zero-order chi connectivity index (χ0) is 21.1. The third-order valence-corrected chi connectivity index (χ3v) is 5.92. The number of nitrogens with zero attached hydrogens (tertiary/aromatic N) is 2. The fourth-order valence-corrected chi connectivity index (χ4v) is 4.29. The minimum atomic E-state index is -0.170. The van der Waals surface area contributed by atoms with E-state index in [0.717, 1.165) is 27.2 Å². The maximum atomic E-state index is 12.5. The van der Waals surface area contributed by atoms with Gasteiger partial charge in [-0.2, -0.15) is 0 Å². The lowest BCUT2D eigenvalue weighted by Crippen LogP contribution is -2.26. The Hall–Kier alpha value is -3.32. The highest BCUT2D eigenvalue weighted by atomic mass is 32.1. The average Bonchev–Trinajstić information content (AvgIpc) is 3.39. The number of hydrogen-bond donors (Lipinski definition) is 1. The van der Waals surface area contributed by atoms with Crippen molar-refractivity contribution in [3.05, 3.63) is 65.2 Å². The maximum absolute atomic E-state index is 12.5. The van der Waals surface area contributed by atoms with Crippen molar-refractivity contribution in [1.29, 1.82) is 0 Å². The van der Waals surface area contributed by atoms with Crippen LogP contribution in [0.5, 0.6) is 11.5 Å². The number of rotatable bonds is 7. The molecule has 0 saturated heterocycles. The molecule has 1 amide bonds. The molecule has 0 radical (unpaired) electrons. The molecule has 1 N–H and O–H groups in total. The van der Waals surface area contributed by atoms with Crippen molar-refractivity contribution in [2.75, 3.05) is 20.8 Å². The van der Waals surface area contributed by atoms with Crippen molar-refractivity contribution < 1.29 is 14.3 Å². The second-order valence-electron chi connectivity index (χ2n) is 6.88. The van der Waals surface area contributed by atoms with Crippen LogP contribution in [0.2, 0.25) is 0 Å². The summed E-state index contributed by atoms with van der Waals surface area (Å²) in [6.45, 7) is 0.509. The highest BCUT2D eigenvalue weighted by Gasteiger charge is 2.15. The number of para-hydroxylation sites is 1. The predicted octanol–water partition coefficient (Wildman–Crippen LogP) is 4.29. The molecule has 0 fully saturated rings. The molecule has 2 heterocycles. The van der Waals surface area contributed by atoms with Gasteiger partial charge >= 0.3 is 0 Å². The molecule has 0 spiro atoms. The monoisotopic (exact) mass is 421 g/mol. The van der Waals surface area contributed by atoms with Crippen LogP contribution < -0.4 is 14.8 Å². The van der Waals surface area contributed by atoms with Gasteiger partial charge in [-0.1, -0.05) is 24.3 Å². The first-order chi connectivity index (χ1) is 14.6. The quantitative estimate of drug-likeness (QED) is 0.483. The van der Waals surface area contributed by atoms with Gasteiger partial charge in [0, 0.05) is 29.9 Å². The third-order valence-electron chi connectivity index (χ3n) is 5.05. The summed E-state index contributed by atoms with van der Waals surface area (Å²) in [6, 6.07) is 16.1. The van der Waals surface area contributed by atoms with Crippen molar-refractivity contribution in [1.82, 2.24) is 14.9 Å². The van der Waals surface area contributed by atoms with Gasteiger partial charge in [-0.15, -0.1) is 11.3 Å². The fourth-order valence-electron chi connectivity index (χ4n) is 3.44. The van der Waals surface area contributed by atoms with E-state index in [2.05, 4.69) is 33.1 Å². The summed E-state index contributed by atoms with van der Waals surface area (Å²) in [5.41, 5.74) is 3.64. The summed E-state index contributed by atoms with van der Waals surface area (Å²) in [6.07, 6.45) is 0.687. The fraction of sp³-hybridized carbons (Fsp3) is 0.217. The van der Waals surface area contributed by atoms with Gasteiger partial charge in [0.1, 0.15) is 10.7 Å². The molecule has 0 aliphatic rings. The van der Waals surface area contributed by atoms with Crippen LogP contribution in [0.15, 0.2) is 53.9 Å². The average molecular weight is 422 g/mol. The maximum Gasteiger partial charge on any atom is 0.270 e. The second-order valence-corrected chi connectivity index (χ2v) is 7.74. The number of fused-ring (bicyclic) bond motifs is 1. The van der Waals surface area contributed by atoms with E-state index in [1.807, 2.05) is 37.4 Å². The molecular weight excluding hydrogens is 398 g/mol. The first-order valence-corrected chi connectivity index (χ1v) is 10.5. The number of thiazole rings is 1. The molecule has 2 aromatic carbocycles. The lowest BCUT2D eigenvalue weighted by molar-refractivity contribution is 0.0950. The normalized spacial score (nSPS) is 10.9. The van der Waals surface area contributed by atoms with E-state index < -0.39 is 0 Å². The molecule has 4 aromatic rings. The molecule has 0 bridgehead atoms. The second kappa shape index (κ2) is 8.59. The molecule has 0 aliphatic heterocycles. The van der Waals surface area contributed by atoms with Crippen LogP contribution in [-0.4, -0.2) is 36.2 Å². The van der Waals surface area contributed by atoms with Crippen LogP contribution in [-0.2, 0) is 13.5 Å². The topological polar surface area (TPSA) is 65.4 Å². The Balaban J connectivity index is 1.41. The van der Waals surface area contributed by atoms with Gasteiger partial charge in [-0.25, -0.2) is 4.98 Å². The van der Waals surface area contributed by atoms with E-state index in [-0.39, 0.29) is 5.91 Å². The van der Waals surface area contributed by atoms with Crippen LogP contribution in [0, 0.1) is 0 Å². The van der Waals surface area contributed by atoms with Crippen molar-refractivity contribution >= 4 is 28.1 Å². The Bertz CT molecular complexity index is 1200. The Morgan fingerprint density at radius 1 is 1.10 bits per heavy atom. The summed E-state index contributed by atoms with van der Waals surface area (Å²) < 4.78 is 12.7. The number of aryl methyl sites for hydroxylation is 1. The molecule has 2 aromatic heterocycles. The number of benzene rings is 2. The molecular formula is C23H23N3O3S. The summed E-state index contributed by atoms with van der Waals surface area (Å²) >= 11 is 1.48. The van der Waals surface area contributed by atoms with Crippen molar-refractivity contribution in [3.63, 3.8) is 0 Å². The largest absolute Gasteiger partial charge is 0.493 e. The molecule has 0 unspecified atom stereocenters. The highest BCUT2D eigenvalue weighted by molar-refractivity contribution is 7.13. The van der Waals surface area contributed by atoms with Gasteiger partial charge in [0.2, 0.25) is 0 Å². The zero-order valence-corrected chi connectivity index (χ0v) is 18.0. The van der Waals surface area contributed by atoms with Gasteiger partial charge in [0.05, 0.1) is 19.9 Å². The molecule has 0 atom stereocenters. The molecule has 0 aliphatic carbocycles. The summed E-state index contributed by atoms with van der Waals surface area (Å²) in [5.74, 6) is 1.20. The molecule has 30 heavy (non-hydrogen) atoms. The van der Waals surface area contributed by atoms with E-state index in [4.69, 9.17) is 9.47 Å². The number of amides is 1.